The van der Waals surface area contributed by atoms with Crippen LogP contribution in [0.15, 0.2) is 12.1 Å². The molecule has 0 unspecified atom stereocenters. The van der Waals surface area contributed by atoms with Gasteiger partial charge in [0.2, 0.25) is 6.79 Å². The van der Waals surface area contributed by atoms with E-state index in [1.807, 2.05) is 0 Å². The van der Waals surface area contributed by atoms with E-state index in [1.54, 1.807) is 19.1 Å². The standard InChI is InChI=1S/C12H14O6/c1-3-15-12(13)10-8(16-6-14-2)4-5-9-11(10)18-7-17-9/h4-5H,3,6-7H2,1-2H3. The van der Waals surface area contributed by atoms with E-state index < -0.39 is 5.97 Å². The average Bonchev–Trinajstić information content (AvgIpc) is 2.83. The van der Waals surface area contributed by atoms with Crippen molar-refractivity contribution in [2.75, 3.05) is 27.3 Å². The van der Waals surface area contributed by atoms with Gasteiger partial charge in [-0.3, -0.25) is 0 Å². The second-order valence-corrected chi connectivity index (χ2v) is 3.44. The summed E-state index contributed by atoms with van der Waals surface area (Å²) in [4.78, 5) is 11.9. The number of fused-ring (bicyclic) bond motifs is 1. The van der Waals surface area contributed by atoms with Gasteiger partial charge in [-0.15, -0.1) is 0 Å². The van der Waals surface area contributed by atoms with E-state index in [4.69, 9.17) is 23.7 Å². The minimum absolute atomic E-state index is 0.0338. The molecule has 0 atom stereocenters. The highest BCUT2D eigenvalue weighted by molar-refractivity contribution is 5.97. The van der Waals surface area contributed by atoms with Crippen LogP contribution in [-0.4, -0.2) is 33.3 Å². The molecule has 6 nitrogen and oxygen atoms in total. The average molecular weight is 254 g/mol. The fraction of sp³-hybridized carbons (Fsp3) is 0.417. The normalized spacial score (nSPS) is 12.3. The van der Waals surface area contributed by atoms with Gasteiger partial charge in [0.15, 0.2) is 18.3 Å². The number of esters is 1. The van der Waals surface area contributed by atoms with E-state index in [2.05, 4.69) is 0 Å². The number of carbonyl (C=O) groups excluding carboxylic acids is 1. The third-order valence-corrected chi connectivity index (χ3v) is 2.31. The van der Waals surface area contributed by atoms with E-state index in [9.17, 15) is 4.79 Å². The molecule has 1 heterocycles. The van der Waals surface area contributed by atoms with Gasteiger partial charge in [-0.05, 0) is 19.1 Å². The molecule has 98 valence electrons. The quantitative estimate of drug-likeness (QED) is 0.587. The molecule has 18 heavy (non-hydrogen) atoms. The molecule has 0 aliphatic carbocycles. The molecule has 1 aromatic rings. The first-order valence-corrected chi connectivity index (χ1v) is 5.49. The molecule has 0 bridgehead atoms. The van der Waals surface area contributed by atoms with Gasteiger partial charge in [0.05, 0.1) is 6.61 Å². The van der Waals surface area contributed by atoms with Crippen molar-refractivity contribution in [1.29, 1.82) is 0 Å². The molecular weight excluding hydrogens is 240 g/mol. The Hall–Kier alpha value is -1.95. The summed E-state index contributed by atoms with van der Waals surface area (Å²) in [5, 5.41) is 0. The van der Waals surface area contributed by atoms with Crippen LogP contribution >= 0.6 is 0 Å². The smallest absolute Gasteiger partial charge is 0.345 e. The van der Waals surface area contributed by atoms with Gasteiger partial charge in [-0.2, -0.15) is 0 Å². The molecule has 1 aliphatic rings. The molecule has 1 aromatic carbocycles. The lowest BCUT2D eigenvalue weighted by Gasteiger charge is -2.11. The van der Waals surface area contributed by atoms with Crippen LogP contribution in [-0.2, 0) is 9.47 Å². The Bertz CT molecular complexity index is 442. The molecule has 0 fully saturated rings. The Balaban J connectivity index is 2.37. The van der Waals surface area contributed by atoms with Crippen LogP contribution < -0.4 is 14.2 Å². The molecule has 0 radical (unpaired) electrons. The fourth-order valence-electron chi connectivity index (χ4n) is 1.59. The van der Waals surface area contributed by atoms with Crippen molar-refractivity contribution >= 4 is 5.97 Å². The number of rotatable bonds is 5. The van der Waals surface area contributed by atoms with Crippen LogP contribution in [0.2, 0.25) is 0 Å². The summed E-state index contributed by atoms with van der Waals surface area (Å²) in [7, 11) is 1.50. The summed E-state index contributed by atoms with van der Waals surface area (Å²) in [5.41, 5.74) is 0.226. The van der Waals surface area contributed by atoms with E-state index in [0.717, 1.165) is 0 Å². The lowest BCUT2D eigenvalue weighted by Crippen LogP contribution is -2.10. The minimum atomic E-state index is -0.508. The molecule has 0 saturated carbocycles. The van der Waals surface area contributed by atoms with Gasteiger partial charge >= 0.3 is 5.97 Å². The number of methoxy groups -OCH3 is 1. The minimum Gasteiger partial charge on any atom is -0.467 e. The van der Waals surface area contributed by atoms with Gasteiger partial charge in [0.25, 0.3) is 0 Å². The van der Waals surface area contributed by atoms with Crippen LogP contribution in [0.5, 0.6) is 17.2 Å². The molecule has 1 aliphatic heterocycles. The summed E-state index contributed by atoms with van der Waals surface area (Å²) in [6.07, 6.45) is 0. The second kappa shape index (κ2) is 5.59. The van der Waals surface area contributed by atoms with Crippen molar-refractivity contribution in [3.8, 4) is 17.2 Å². The molecular formula is C12H14O6. The van der Waals surface area contributed by atoms with Crippen molar-refractivity contribution in [1.82, 2.24) is 0 Å². The van der Waals surface area contributed by atoms with Crippen LogP contribution in [0, 0.1) is 0 Å². The highest BCUT2D eigenvalue weighted by Gasteiger charge is 2.27. The molecule has 0 amide bonds. The summed E-state index contributed by atoms with van der Waals surface area (Å²) in [6.45, 7) is 2.11. The van der Waals surface area contributed by atoms with E-state index in [1.165, 1.54) is 7.11 Å². The molecule has 0 aromatic heterocycles. The predicted molar refractivity (Wildman–Crippen MR) is 61.0 cm³/mol. The molecule has 0 spiro atoms. The van der Waals surface area contributed by atoms with Crippen molar-refractivity contribution in [2.24, 2.45) is 0 Å². The number of carbonyl (C=O) groups is 1. The predicted octanol–water partition coefficient (Wildman–Crippen LogP) is 1.57. The van der Waals surface area contributed by atoms with E-state index >= 15 is 0 Å². The number of hydrogen-bond donors (Lipinski definition) is 0. The van der Waals surface area contributed by atoms with Crippen molar-refractivity contribution in [3.63, 3.8) is 0 Å². The zero-order valence-corrected chi connectivity index (χ0v) is 10.2. The topological polar surface area (TPSA) is 63.2 Å². The Morgan fingerprint density at radius 3 is 2.94 bits per heavy atom. The Labute approximate surface area is 104 Å². The molecule has 6 heteroatoms. The van der Waals surface area contributed by atoms with Gasteiger partial charge in [-0.1, -0.05) is 0 Å². The summed E-state index contributed by atoms with van der Waals surface area (Å²) < 4.78 is 25.6. The van der Waals surface area contributed by atoms with Gasteiger partial charge in [0.1, 0.15) is 11.3 Å². The first-order chi connectivity index (χ1) is 8.77. The molecule has 2 rings (SSSR count). The summed E-state index contributed by atoms with van der Waals surface area (Å²) in [6, 6.07) is 3.30. The third-order valence-electron chi connectivity index (χ3n) is 2.31. The molecule has 0 saturated heterocycles. The van der Waals surface area contributed by atoms with Gasteiger partial charge in [-0.25, -0.2) is 4.79 Å². The van der Waals surface area contributed by atoms with Crippen LogP contribution in [0.4, 0.5) is 0 Å². The number of benzene rings is 1. The lowest BCUT2D eigenvalue weighted by atomic mass is 10.1. The maximum atomic E-state index is 11.9. The zero-order chi connectivity index (χ0) is 13.0. The monoisotopic (exact) mass is 254 g/mol. The van der Waals surface area contributed by atoms with Gasteiger partial charge < -0.3 is 23.7 Å². The molecule has 0 N–H and O–H groups in total. The highest BCUT2D eigenvalue weighted by atomic mass is 16.7. The first-order valence-electron chi connectivity index (χ1n) is 5.49. The largest absolute Gasteiger partial charge is 0.467 e. The van der Waals surface area contributed by atoms with Crippen LogP contribution in [0.3, 0.4) is 0 Å². The number of ether oxygens (including phenoxy) is 5. The van der Waals surface area contributed by atoms with E-state index in [-0.39, 0.29) is 25.8 Å². The van der Waals surface area contributed by atoms with Crippen molar-refractivity contribution in [2.45, 2.75) is 6.92 Å². The SMILES string of the molecule is CCOC(=O)c1c(OCOC)ccc2c1OCO2. The van der Waals surface area contributed by atoms with Gasteiger partial charge in [0, 0.05) is 7.11 Å². The summed E-state index contributed by atoms with van der Waals surface area (Å²) in [5.74, 6) is 0.690. The summed E-state index contributed by atoms with van der Waals surface area (Å²) >= 11 is 0. The van der Waals surface area contributed by atoms with Crippen molar-refractivity contribution < 1.29 is 28.5 Å². The maximum absolute atomic E-state index is 11.9. The third kappa shape index (κ3) is 2.33. The lowest BCUT2D eigenvalue weighted by molar-refractivity contribution is 0.0433. The van der Waals surface area contributed by atoms with E-state index in [0.29, 0.717) is 17.2 Å². The zero-order valence-electron chi connectivity index (χ0n) is 10.2. The van der Waals surface area contributed by atoms with Crippen LogP contribution in [0.25, 0.3) is 0 Å². The Kier molecular flexibility index (Phi) is 3.88. The second-order valence-electron chi connectivity index (χ2n) is 3.44. The Morgan fingerprint density at radius 2 is 2.22 bits per heavy atom. The maximum Gasteiger partial charge on any atom is 0.345 e. The number of hydrogen-bond acceptors (Lipinski definition) is 6. The fourth-order valence-corrected chi connectivity index (χ4v) is 1.59. The first kappa shape index (κ1) is 12.5. The van der Waals surface area contributed by atoms with Crippen molar-refractivity contribution in [3.05, 3.63) is 17.7 Å². The Morgan fingerprint density at radius 1 is 1.39 bits per heavy atom. The highest BCUT2D eigenvalue weighted by Crippen LogP contribution is 2.41. The van der Waals surface area contributed by atoms with Crippen LogP contribution in [0.1, 0.15) is 17.3 Å².